The van der Waals surface area contributed by atoms with Crippen LogP contribution in [0.5, 0.6) is 5.75 Å². The Morgan fingerprint density at radius 3 is 2.81 bits per heavy atom. The largest absolute Gasteiger partial charge is 0.496 e. The first-order chi connectivity index (χ1) is 15.0. The smallest absolute Gasteiger partial charge is 0.244 e. The number of amides is 1. The number of halogens is 1. The molecule has 4 aromatic rings. The van der Waals surface area contributed by atoms with Crippen LogP contribution in [0.15, 0.2) is 82.0 Å². The van der Waals surface area contributed by atoms with Gasteiger partial charge >= 0.3 is 0 Å². The van der Waals surface area contributed by atoms with Crippen molar-refractivity contribution in [2.75, 3.05) is 7.11 Å². The Balaban J connectivity index is 1.66. The van der Waals surface area contributed by atoms with Gasteiger partial charge in [0.2, 0.25) is 5.91 Å². The molecule has 1 N–H and O–H groups in total. The summed E-state index contributed by atoms with van der Waals surface area (Å²) in [6.45, 7) is 2.26. The van der Waals surface area contributed by atoms with E-state index in [0.717, 1.165) is 43.4 Å². The molecule has 0 saturated heterocycles. The molecule has 0 unspecified atom stereocenters. The number of furan rings is 1. The molecule has 0 atom stereocenters. The Morgan fingerprint density at radius 2 is 2.06 bits per heavy atom. The number of pyridine rings is 1. The Bertz CT molecular complexity index is 1260. The summed E-state index contributed by atoms with van der Waals surface area (Å²) in [6.07, 6.45) is 5.02. The van der Waals surface area contributed by atoms with Crippen molar-refractivity contribution in [2.45, 2.75) is 13.5 Å². The quantitative estimate of drug-likeness (QED) is 0.347. The molecule has 156 valence electrons. The Hall–Kier alpha value is -3.38. The van der Waals surface area contributed by atoms with E-state index in [4.69, 9.17) is 9.15 Å². The summed E-state index contributed by atoms with van der Waals surface area (Å²) in [5, 5.41) is 3.82. The van der Waals surface area contributed by atoms with Gasteiger partial charge in [-0.15, -0.1) is 0 Å². The number of nitrogens with one attached hydrogen (secondary N) is 1. The van der Waals surface area contributed by atoms with Gasteiger partial charge in [-0.3, -0.25) is 9.78 Å². The number of hydrogen-bond acceptors (Lipinski definition) is 4. The van der Waals surface area contributed by atoms with Crippen LogP contribution in [0.3, 0.4) is 0 Å². The molecule has 2 aromatic heterocycles. The number of fused-ring (bicyclic) bond motifs is 1. The number of benzene rings is 2. The highest BCUT2D eigenvalue weighted by Crippen LogP contribution is 2.37. The van der Waals surface area contributed by atoms with E-state index in [1.54, 1.807) is 25.6 Å². The van der Waals surface area contributed by atoms with E-state index in [-0.39, 0.29) is 5.91 Å². The first-order valence-electron chi connectivity index (χ1n) is 9.76. The van der Waals surface area contributed by atoms with E-state index >= 15 is 0 Å². The summed E-state index contributed by atoms with van der Waals surface area (Å²) in [4.78, 5) is 16.7. The third kappa shape index (κ3) is 4.70. The van der Waals surface area contributed by atoms with Gasteiger partial charge in [0.1, 0.15) is 11.3 Å². The summed E-state index contributed by atoms with van der Waals surface area (Å²) in [6, 6.07) is 17.5. The van der Waals surface area contributed by atoms with Gasteiger partial charge in [-0.05, 0) is 48.4 Å². The zero-order valence-electron chi connectivity index (χ0n) is 17.2. The van der Waals surface area contributed by atoms with Gasteiger partial charge in [0, 0.05) is 39.3 Å². The van der Waals surface area contributed by atoms with Crippen molar-refractivity contribution in [2.24, 2.45) is 0 Å². The van der Waals surface area contributed by atoms with E-state index in [2.05, 4.69) is 26.2 Å². The second-order valence-electron chi connectivity index (χ2n) is 7.07. The second kappa shape index (κ2) is 9.18. The molecule has 6 heteroatoms. The molecule has 0 radical (unpaired) electrons. The van der Waals surface area contributed by atoms with Gasteiger partial charge in [0.05, 0.1) is 25.6 Å². The molecule has 5 nitrogen and oxygen atoms in total. The maximum atomic E-state index is 12.5. The highest BCUT2D eigenvalue weighted by atomic mass is 79.9. The molecule has 2 heterocycles. The zero-order chi connectivity index (χ0) is 21.8. The third-order valence-electron chi connectivity index (χ3n) is 4.97. The maximum absolute atomic E-state index is 12.5. The lowest BCUT2D eigenvalue weighted by Crippen LogP contribution is -2.21. The van der Waals surface area contributed by atoms with E-state index in [9.17, 15) is 4.79 Å². The summed E-state index contributed by atoms with van der Waals surface area (Å²) in [5.41, 5.74) is 5.17. The number of rotatable bonds is 6. The Kier molecular flexibility index (Phi) is 6.18. The summed E-state index contributed by atoms with van der Waals surface area (Å²) >= 11 is 3.52. The van der Waals surface area contributed by atoms with Crippen molar-refractivity contribution >= 4 is 38.4 Å². The molecule has 31 heavy (non-hydrogen) atoms. The predicted octanol–water partition coefficient (Wildman–Crippen LogP) is 5.99. The van der Waals surface area contributed by atoms with Crippen LogP contribution in [0, 0.1) is 0 Å². The van der Waals surface area contributed by atoms with Crippen LogP contribution in [-0.2, 0) is 11.3 Å². The topological polar surface area (TPSA) is 64.4 Å². The van der Waals surface area contributed by atoms with Crippen molar-refractivity contribution < 1.29 is 13.9 Å². The monoisotopic (exact) mass is 476 g/mol. The lowest BCUT2D eigenvalue weighted by atomic mass is 9.99. The van der Waals surface area contributed by atoms with Crippen molar-refractivity contribution in [1.29, 1.82) is 0 Å². The molecule has 0 aliphatic rings. The van der Waals surface area contributed by atoms with Crippen LogP contribution >= 0.6 is 15.9 Å². The van der Waals surface area contributed by atoms with Gasteiger partial charge < -0.3 is 14.5 Å². The average molecular weight is 477 g/mol. The minimum Gasteiger partial charge on any atom is -0.496 e. The first-order valence-corrected chi connectivity index (χ1v) is 10.6. The number of carbonyl (C=O) groups excluding carboxylic acids is 1. The molecule has 4 rings (SSSR count). The van der Waals surface area contributed by atoms with Crippen LogP contribution in [-0.4, -0.2) is 18.0 Å². The fourth-order valence-corrected chi connectivity index (χ4v) is 3.82. The molecule has 1 amide bonds. The van der Waals surface area contributed by atoms with Crippen LogP contribution < -0.4 is 10.1 Å². The highest BCUT2D eigenvalue weighted by molar-refractivity contribution is 9.10. The van der Waals surface area contributed by atoms with E-state index in [0.29, 0.717) is 12.3 Å². The molecular formula is C25H21BrN2O3. The summed E-state index contributed by atoms with van der Waals surface area (Å²) < 4.78 is 12.4. The van der Waals surface area contributed by atoms with Crippen molar-refractivity contribution in [3.63, 3.8) is 0 Å². The van der Waals surface area contributed by atoms with Gasteiger partial charge in [-0.2, -0.15) is 0 Å². The van der Waals surface area contributed by atoms with E-state index in [1.165, 1.54) is 0 Å². The molecule has 0 bridgehead atoms. The molecule has 0 aliphatic heterocycles. The van der Waals surface area contributed by atoms with Crippen molar-refractivity contribution in [3.05, 3.63) is 88.9 Å². The number of hydrogen-bond donors (Lipinski definition) is 1. The lowest BCUT2D eigenvalue weighted by molar-refractivity contribution is -0.116. The van der Waals surface area contributed by atoms with Crippen molar-refractivity contribution in [1.82, 2.24) is 10.3 Å². The summed E-state index contributed by atoms with van der Waals surface area (Å²) in [7, 11) is 1.61. The fourth-order valence-electron chi connectivity index (χ4n) is 3.42. The van der Waals surface area contributed by atoms with Gasteiger partial charge in [0.25, 0.3) is 0 Å². The Labute approximate surface area is 188 Å². The summed E-state index contributed by atoms with van der Waals surface area (Å²) in [5.74, 6) is 0.457. The average Bonchev–Trinajstić information content (AvgIpc) is 3.20. The first kappa shape index (κ1) is 20.9. The molecule has 0 fully saturated rings. The minimum atomic E-state index is -0.190. The normalized spacial score (nSPS) is 11.5. The molecule has 2 aromatic carbocycles. The van der Waals surface area contributed by atoms with E-state index in [1.807, 2.05) is 61.5 Å². The van der Waals surface area contributed by atoms with Crippen LogP contribution in [0.4, 0.5) is 0 Å². The maximum Gasteiger partial charge on any atom is 0.244 e. The highest BCUT2D eigenvalue weighted by Gasteiger charge is 2.15. The van der Waals surface area contributed by atoms with E-state index < -0.39 is 0 Å². The van der Waals surface area contributed by atoms with Gasteiger partial charge in [0.15, 0.2) is 0 Å². The number of allylic oxidation sites excluding steroid dienone is 1. The Morgan fingerprint density at radius 1 is 1.19 bits per heavy atom. The van der Waals surface area contributed by atoms with Crippen LogP contribution in [0.2, 0.25) is 0 Å². The molecule has 0 aliphatic carbocycles. The fraction of sp³-hybridized carbons (Fsp3) is 0.120. The zero-order valence-corrected chi connectivity index (χ0v) is 18.8. The number of nitrogens with zero attached hydrogens (tertiary/aromatic N) is 1. The number of aromatic nitrogens is 1. The minimum absolute atomic E-state index is 0.190. The van der Waals surface area contributed by atoms with Crippen LogP contribution in [0.25, 0.3) is 27.7 Å². The number of methoxy groups -OCH3 is 1. The third-order valence-corrected chi connectivity index (χ3v) is 5.47. The number of carbonyl (C=O) groups is 1. The molecule has 0 spiro atoms. The number of ether oxygens (including phenoxy) is 1. The second-order valence-corrected chi connectivity index (χ2v) is 7.99. The SMILES string of the molecule is COc1cc2occ(-c3cccc(Br)c3)c2cc1/C(C)=C/C(=O)NCc1ccccn1. The lowest BCUT2D eigenvalue weighted by Gasteiger charge is -2.10. The molecular weight excluding hydrogens is 456 g/mol. The molecule has 0 saturated carbocycles. The van der Waals surface area contributed by atoms with Crippen molar-refractivity contribution in [3.8, 4) is 16.9 Å². The van der Waals surface area contributed by atoms with Gasteiger partial charge in [-0.1, -0.05) is 34.1 Å². The standard InChI is InChI=1S/C25H21BrN2O3/c1-16(10-25(29)28-14-19-8-3-4-9-27-19)20-12-21-22(17-6-5-7-18(26)11-17)15-31-24(21)13-23(20)30-2/h3-13,15H,14H2,1-2H3,(H,28,29)/b16-10+. The van der Waals surface area contributed by atoms with Crippen LogP contribution in [0.1, 0.15) is 18.2 Å². The predicted molar refractivity (Wildman–Crippen MR) is 126 cm³/mol. The van der Waals surface area contributed by atoms with Gasteiger partial charge in [-0.25, -0.2) is 0 Å².